The second-order valence-electron chi connectivity index (χ2n) is 7.02. The fraction of sp³-hybridized carbons (Fsp3) is 0.556. The first-order valence-electron chi connectivity index (χ1n) is 8.40. The molecule has 1 saturated heterocycles. The monoisotopic (exact) mass is 333 g/mol. The quantitative estimate of drug-likeness (QED) is 0.888. The number of nitrogens with one attached hydrogen (secondary N) is 2. The third-order valence-corrected chi connectivity index (χ3v) is 3.79. The van der Waals surface area contributed by atoms with Gasteiger partial charge in [-0.3, -0.25) is 4.79 Å². The van der Waals surface area contributed by atoms with Crippen LogP contribution in [-0.4, -0.2) is 48.2 Å². The summed E-state index contributed by atoms with van der Waals surface area (Å²) < 4.78 is 5.26. The van der Waals surface area contributed by atoms with E-state index in [-0.39, 0.29) is 18.5 Å². The molecule has 6 heteroatoms. The highest BCUT2D eigenvalue weighted by Crippen LogP contribution is 2.13. The minimum Gasteiger partial charge on any atom is -0.444 e. The lowest BCUT2D eigenvalue weighted by Crippen LogP contribution is -2.48. The number of ether oxygens (including phenoxy) is 1. The van der Waals surface area contributed by atoms with Crippen LogP contribution in [0.3, 0.4) is 0 Å². The van der Waals surface area contributed by atoms with E-state index in [0.717, 1.165) is 18.5 Å². The number of piperidine rings is 1. The van der Waals surface area contributed by atoms with Gasteiger partial charge in [0.2, 0.25) is 5.91 Å². The molecule has 1 heterocycles. The molecular formula is C18H27N3O3. The predicted octanol–water partition coefficient (Wildman–Crippen LogP) is 2.61. The number of amides is 2. The number of rotatable bonds is 4. The molecular weight excluding hydrogens is 306 g/mol. The van der Waals surface area contributed by atoms with Crippen molar-refractivity contribution >= 4 is 17.7 Å². The van der Waals surface area contributed by atoms with E-state index in [9.17, 15) is 9.59 Å². The molecule has 6 nitrogen and oxygen atoms in total. The number of alkyl carbamates (subject to hydrolysis) is 1. The molecule has 0 aliphatic carbocycles. The van der Waals surface area contributed by atoms with E-state index >= 15 is 0 Å². The van der Waals surface area contributed by atoms with Crippen molar-refractivity contribution in [2.45, 2.75) is 45.3 Å². The van der Waals surface area contributed by atoms with Crippen molar-refractivity contribution in [1.29, 1.82) is 0 Å². The Hall–Kier alpha value is -2.24. The highest BCUT2D eigenvalue weighted by molar-refractivity contribution is 5.81. The van der Waals surface area contributed by atoms with Crippen LogP contribution in [-0.2, 0) is 9.53 Å². The average Bonchev–Trinajstić information content (AvgIpc) is 2.52. The molecule has 0 aromatic heterocycles. The maximum Gasteiger partial charge on any atom is 0.407 e. The molecule has 132 valence electrons. The Morgan fingerprint density at radius 1 is 1.17 bits per heavy atom. The molecule has 2 rings (SSSR count). The smallest absolute Gasteiger partial charge is 0.407 e. The fourth-order valence-electron chi connectivity index (χ4n) is 2.59. The van der Waals surface area contributed by atoms with Crippen LogP contribution >= 0.6 is 0 Å². The van der Waals surface area contributed by atoms with Crippen LogP contribution in [0.25, 0.3) is 0 Å². The molecule has 0 saturated carbocycles. The predicted molar refractivity (Wildman–Crippen MR) is 93.9 cm³/mol. The number of benzene rings is 1. The van der Waals surface area contributed by atoms with Gasteiger partial charge in [-0.1, -0.05) is 18.2 Å². The second kappa shape index (κ2) is 8.04. The lowest BCUT2D eigenvalue weighted by Gasteiger charge is -2.33. The SMILES string of the molecule is CC(C)(C)OC(=O)NC1CCN(C(=O)CNc2ccccc2)CC1. The van der Waals surface area contributed by atoms with E-state index in [4.69, 9.17) is 4.74 Å². The molecule has 1 aromatic carbocycles. The highest BCUT2D eigenvalue weighted by atomic mass is 16.6. The van der Waals surface area contributed by atoms with Crippen LogP contribution < -0.4 is 10.6 Å². The first-order chi connectivity index (χ1) is 11.3. The number of anilines is 1. The zero-order valence-corrected chi connectivity index (χ0v) is 14.7. The maximum atomic E-state index is 12.2. The van der Waals surface area contributed by atoms with E-state index in [0.29, 0.717) is 13.1 Å². The summed E-state index contributed by atoms with van der Waals surface area (Å²) in [5.74, 6) is 0.0783. The summed E-state index contributed by atoms with van der Waals surface area (Å²) in [7, 11) is 0. The molecule has 0 bridgehead atoms. The van der Waals surface area contributed by atoms with E-state index in [1.165, 1.54) is 0 Å². The Kier molecular flexibility index (Phi) is 6.06. The first-order valence-corrected chi connectivity index (χ1v) is 8.40. The van der Waals surface area contributed by atoms with E-state index in [1.807, 2.05) is 56.0 Å². The highest BCUT2D eigenvalue weighted by Gasteiger charge is 2.25. The summed E-state index contributed by atoms with van der Waals surface area (Å²) >= 11 is 0. The van der Waals surface area contributed by atoms with Crippen LogP contribution in [0.1, 0.15) is 33.6 Å². The van der Waals surface area contributed by atoms with Gasteiger partial charge in [0.15, 0.2) is 0 Å². The van der Waals surface area contributed by atoms with Crippen LogP contribution in [0.4, 0.5) is 10.5 Å². The van der Waals surface area contributed by atoms with Crippen molar-refractivity contribution in [2.75, 3.05) is 25.0 Å². The minimum absolute atomic E-state index is 0.0611. The van der Waals surface area contributed by atoms with Gasteiger partial charge in [0.25, 0.3) is 0 Å². The van der Waals surface area contributed by atoms with Crippen LogP contribution in [0.5, 0.6) is 0 Å². The second-order valence-corrected chi connectivity index (χ2v) is 7.02. The normalized spacial score (nSPS) is 15.7. The number of nitrogens with zero attached hydrogens (tertiary/aromatic N) is 1. The zero-order valence-electron chi connectivity index (χ0n) is 14.7. The van der Waals surface area contributed by atoms with Gasteiger partial charge in [0.05, 0.1) is 6.54 Å². The lowest BCUT2D eigenvalue weighted by atomic mass is 10.1. The Bertz CT molecular complexity index is 546. The van der Waals surface area contributed by atoms with Crippen molar-refractivity contribution in [3.05, 3.63) is 30.3 Å². The molecule has 0 radical (unpaired) electrons. The summed E-state index contributed by atoms with van der Waals surface area (Å²) in [5.41, 5.74) is 0.441. The fourth-order valence-corrected chi connectivity index (χ4v) is 2.59. The van der Waals surface area contributed by atoms with Gasteiger partial charge in [0.1, 0.15) is 5.60 Å². The van der Waals surface area contributed by atoms with E-state index < -0.39 is 11.7 Å². The maximum absolute atomic E-state index is 12.2. The molecule has 2 N–H and O–H groups in total. The molecule has 1 aliphatic heterocycles. The van der Waals surface area contributed by atoms with Gasteiger partial charge in [-0.05, 0) is 45.7 Å². The molecule has 24 heavy (non-hydrogen) atoms. The number of carbonyl (C=O) groups is 2. The van der Waals surface area contributed by atoms with Crippen molar-refractivity contribution in [3.8, 4) is 0 Å². The van der Waals surface area contributed by atoms with E-state index in [1.54, 1.807) is 0 Å². The number of likely N-dealkylation sites (tertiary alicyclic amines) is 1. The van der Waals surface area contributed by atoms with Crippen LogP contribution in [0.15, 0.2) is 30.3 Å². The minimum atomic E-state index is -0.496. The summed E-state index contributed by atoms with van der Waals surface area (Å²) in [6, 6.07) is 9.73. The van der Waals surface area contributed by atoms with Gasteiger partial charge < -0.3 is 20.3 Å². The number of hydrogen-bond donors (Lipinski definition) is 2. The van der Waals surface area contributed by atoms with Gasteiger partial charge >= 0.3 is 6.09 Å². The summed E-state index contributed by atoms with van der Waals surface area (Å²) in [6.07, 6.45) is 1.10. The molecule has 0 atom stereocenters. The standard InChI is InChI=1S/C18H27N3O3/c1-18(2,3)24-17(23)20-15-9-11-21(12-10-15)16(22)13-19-14-7-5-4-6-8-14/h4-8,15,19H,9-13H2,1-3H3,(H,20,23). The lowest BCUT2D eigenvalue weighted by molar-refractivity contribution is -0.130. The topological polar surface area (TPSA) is 70.7 Å². The molecule has 0 spiro atoms. The first kappa shape index (κ1) is 18.1. The average molecular weight is 333 g/mol. The van der Waals surface area contributed by atoms with Gasteiger partial charge in [-0.25, -0.2) is 4.79 Å². The van der Waals surface area contributed by atoms with Crippen LogP contribution in [0, 0.1) is 0 Å². The third-order valence-electron chi connectivity index (χ3n) is 3.79. The van der Waals surface area contributed by atoms with Gasteiger partial charge in [-0.2, -0.15) is 0 Å². The molecule has 1 aliphatic rings. The van der Waals surface area contributed by atoms with Gasteiger partial charge in [0, 0.05) is 24.8 Å². The number of carbonyl (C=O) groups excluding carboxylic acids is 2. The molecule has 0 unspecified atom stereocenters. The Morgan fingerprint density at radius 3 is 2.38 bits per heavy atom. The van der Waals surface area contributed by atoms with Crippen molar-refractivity contribution in [3.63, 3.8) is 0 Å². The Labute approximate surface area is 143 Å². The number of para-hydroxylation sites is 1. The van der Waals surface area contributed by atoms with Crippen molar-refractivity contribution in [2.24, 2.45) is 0 Å². The van der Waals surface area contributed by atoms with E-state index in [2.05, 4.69) is 10.6 Å². The third kappa shape index (κ3) is 6.10. The largest absolute Gasteiger partial charge is 0.444 e. The Balaban J connectivity index is 1.70. The van der Waals surface area contributed by atoms with Crippen molar-refractivity contribution < 1.29 is 14.3 Å². The van der Waals surface area contributed by atoms with Crippen LogP contribution in [0.2, 0.25) is 0 Å². The van der Waals surface area contributed by atoms with Crippen molar-refractivity contribution in [1.82, 2.24) is 10.2 Å². The van der Waals surface area contributed by atoms with Gasteiger partial charge in [-0.15, -0.1) is 0 Å². The molecule has 1 aromatic rings. The zero-order chi connectivity index (χ0) is 17.6. The molecule has 1 fully saturated rings. The Morgan fingerprint density at radius 2 is 1.79 bits per heavy atom. The summed E-state index contributed by atoms with van der Waals surface area (Å²) in [5, 5.41) is 6.01. The number of hydrogen-bond acceptors (Lipinski definition) is 4. The molecule has 2 amide bonds. The summed E-state index contributed by atoms with van der Waals surface area (Å²) in [4.78, 5) is 25.9. The summed E-state index contributed by atoms with van der Waals surface area (Å²) in [6.45, 7) is 7.11.